The summed E-state index contributed by atoms with van der Waals surface area (Å²) in [5, 5.41) is 0.813. The zero-order valence-electron chi connectivity index (χ0n) is 25.9. The smallest absolute Gasteiger partial charge is 0.380 e. The van der Waals surface area contributed by atoms with Gasteiger partial charge < -0.3 is 18.9 Å². The number of nitrogens with zero attached hydrogens (tertiary/aromatic N) is 6. The molecule has 41 heavy (non-hydrogen) atoms. The maximum Gasteiger partial charge on any atom is 0.380 e. The Kier molecular flexibility index (Phi) is 4.92. The van der Waals surface area contributed by atoms with E-state index < -0.39 is 6.85 Å². The van der Waals surface area contributed by atoms with Crippen LogP contribution >= 0.6 is 11.8 Å². The average Bonchev–Trinajstić information content (AvgIpc) is 3.03. The third-order valence-electron chi connectivity index (χ3n) is 8.66. The molecular formula is C30H28B4N6S. The predicted octanol–water partition coefficient (Wildman–Crippen LogP) is 5.15. The molecule has 0 radical (unpaired) electrons. The first-order valence-electron chi connectivity index (χ1n) is 15.5. The summed E-state index contributed by atoms with van der Waals surface area (Å²) in [6.45, 7) is 1.28. The van der Waals surface area contributed by atoms with Crippen LogP contribution in [0.3, 0.4) is 0 Å². The maximum atomic E-state index is 8.65. The van der Waals surface area contributed by atoms with Gasteiger partial charge in [0.15, 0.2) is 0 Å². The molecule has 0 bridgehead atoms. The Morgan fingerprint density at radius 2 is 1.44 bits per heavy atom. The molecule has 0 aliphatic carbocycles. The van der Waals surface area contributed by atoms with Gasteiger partial charge in [0.05, 0.1) is 17.6 Å². The molecule has 0 saturated carbocycles. The predicted molar refractivity (Wildman–Crippen MR) is 172 cm³/mol. The molecule has 11 heteroatoms. The van der Waals surface area contributed by atoms with Gasteiger partial charge in [-0.25, -0.2) is 4.98 Å². The Balaban J connectivity index is 1.29. The van der Waals surface area contributed by atoms with Crippen molar-refractivity contribution in [3.8, 4) is 0 Å². The zero-order chi connectivity index (χ0) is 30.2. The molecule has 1 aromatic heterocycles. The van der Waals surface area contributed by atoms with E-state index in [1.165, 1.54) is 5.56 Å². The number of rotatable bonds is 1. The third kappa shape index (κ3) is 3.78. The quantitative estimate of drug-likeness (QED) is 0.455. The van der Waals surface area contributed by atoms with Crippen LogP contribution in [0.4, 0.5) is 0 Å². The summed E-state index contributed by atoms with van der Waals surface area (Å²) in [5.41, 5.74) is 3.21. The lowest BCUT2D eigenvalue weighted by molar-refractivity contribution is 0.572. The summed E-state index contributed by atoms with van der Waals surface area (Å²) >= 11 is 1.60. The minimum atomic E-state index is -2.36. The van der Waals surface area contributed by atoms with Crippen LogP contribution < -0.4 is 0 Å². The van der Waals surface area contributed by atoms with Gasteiger partial charge in [0.25, 0.3) is 0 Å². The Labute approximate surface area is 252 Å². The molecule has 8 rings (SSSR count). The largest absolute Gasteiger partial charge is 0.423 e. The van der Waals surface area contributed by atoms with Crippen molar-refractivity contribution < 1.29 is 4.11 Å². The van der Waals surface area contributed by atoms with Crippen LogP contribution in [0.5, 0.6) is 0 Å². The number of hydrogen-bond donors (Lipinski definition) is 0. The first kappa shape index (κ1) is 21.7. The molecule has 1 saturated heterocycles. The number of benzene rings is 1. The highest BCUT2D eigenvalue weighted by Gasteiger charge is 2.50. The fourth-order valence-corrected chi connectivity index (χ4v) is 7.93. The molecule has 0 amide bonds. The summed E-state index contributed by atoms with van der Waals surface area (Å²) in [5.74, 6) is 8.43. The molecule has 1 aromatic carbocycles. The van der Waals surface area contributed by atoms with Crippen LogP contribution in [0.25, 0.3) is 5.57 Å². The van der Waals surface area contributed by atoms with Gasteiger partial charge in [0.1, 0.15) is 5.03 Å². The van der Waals surface area contributed by atoms with Gasteiger partial charge >= 0.3 is 27.9 Å². The Morgan fingerprint density at radius 1 is 0.805 bits per heavy atom. The van der Waals surface area contributed by atoms with E-state index in [2.05, 4.69) is 112 Å². The van der Waals surface area contributed by atoms with Crippen molar-refractivity contribution in [1.29, 1.82) is 0 Å². The summed E-state index contributed by atoms with van der Waals surface area (Å²) in [4.78, 5) is 11.2. The minimum absolute atomic E-state index is 0.0390. The second-order valence-corrected chi connectivity index (χ2v) is 12.4. The molecule has 0 atom stereocenters. The molecule has 196 valence electrons. The molecule has 6 aliphatic rings. The van der Waals surface area contributed by atoms with Gasteiger partial charge in [-0.05, 0) is 67.1 Å². The SMILES string of the molecule is [2H]C([2H])([2H])C1=CB2N3C=CC=CB3N3C=CC=CB3N3C=CC=CB3N2C=C1c1cnc2c(n1)Sc1ccccc1C2(C)C. The number of aromatic nitrogens is 2. The molecule has 6 aliphatic heterocycles. The van der Waals surface area contributed by atoms with Crippen molar-refractivity contribution in [2.75, 3.05) is 0 Å². The first-order valence-corrected chi connectivity index (χ1v) is 14.8. The lowest BCUT2D eigenvalue weighted by atomic mass is 9.41. The highest BCUT2D eigenvalue weighted by Crippen LogP contribution is 2.47. The van der Waals surface area contributed by atoms with Crippen LogP contribution in [0.1, 0.15) is 41.8 Å². The molecule has 7 heterocycles. The molecule has 0 spiro atoms. The van der Waals surface area contributed by atoms with Crippen molar-refractivity contribution in [3.05, 3.63) is 138 Å². The lowest BCUT2D eigenvalue weighted by Crippen LogP contribution is -2.73. The molecule has 0 unspecified atom stereocenters. The minimum Gasteiger partial charge on any atom is -0.423 e. The zero-order valence-corrected chi connectivity index (χ0v) is 23.7. The number of fused-ring (bicyclic) bond motifs is 10. The van der Waals surface area contributed by atoms with Crippen molar-refractivity contribution in [1.82, 2.24) is 28.9 Å². The van der Waals surface area contributed by atoms with E-state index in [1.54, 1.807) is 18.0 Å². The van der Waals surface area contributed by atoms with Crippen LogP contribution in [0.2, 0.25) is 0 Å². The Morgan fingerprint density at radius 3 is 2.12 bits per heavy atom. The van der Waals surface area contributed by atoms with E-state index in [0.29, 0.717) is 11.3 Å². The molecule has 2 aromatic rings. The fourth-order valence-electron chi connectivity index (χ4n) is 6.60. The summed E-state index contributed by atoms with van der Waals surface area (Å²) < 4.78 is 35.1. The third-order valence-corrected chi connectivity index (χ3v) is 9.71. The van der Waals surface area contributed by atoms with E-state index in [0.717, 1.165) is 15.6 Å². The lowest BCUT2D eigenvalue weighted by Gasteiger charge is -2.53. The van der Waals surface area contributed by atoms with Crippen molar-refractivity contribution in [3.63, 3.8) is 0 Å². The van der Waals surface area contributed by atoms with Gasteiger partial charge in [-0.15, -0.1) is 0 Å². The maximum absolute atomic E-state index is 8.65. The molecule has 0 N–H and O–H groups in total. The number of hydrogen-bond acceptors (Lipinski definition) is 7. The molecule has 1 fully saturated rings. The summed E-state index contributed by atoms with van der Waals surface area (Å²) in [6.07, 6.45) is 22.3. The van der Waals surface area contributed by atoms with Crippen molar-refractivity contribution in [2.24, 2.45) is 0 Å². The summed E-state index contributed by atoms with van der Waals surface area (Å²) in [6, 6.07) is 8.36. The van der Waals surface area contributed by atoms with Gasteiger partial charge in [-0.2, -0.15) is 0 Å². The topological polar surface area (TPSA) is 38.7 Å². The van der Waals surface area contributed by atoms with Gasteiger partial charge in [-0.1, -0.05) is 85.9 Å². The Hall–Kier alpha value is -3.97. The van der Waals surface area contributed by atoms with E-state index in [1.807, 2.05) is 30.4 Å². The van der Waals surface area contributed by atoms with Gasteiger partial charge in [-0.3, -0.25) is 4.98 Å². The molecular weight excluding hydrogens is 520 g/mol. The van der Waals surface area contributed by atoms with E-state index in [4.69, 9.17) is 14.1 Å². The molecule has 6 nitrogen and oxygen atoms in total. The monoisotopic (exact) mass is 551 g/mol. The summed E-state index contributed by atoms with van der Waals surface area (Å²) in [7, 11) is 0. The van der Waals surface area contributed by atoms with E-state index in [-0.39, 0.29) is 38.9 Å². The van der Waals surface area contributed by atoms with E-state index in [9.17, 15) is 0 Å². The van der Waals surface area contributed by atoms with Crippen LogP contribution in [0.15, 0.2) is 131 Å². The average molecular weight is 551 g/mol. The second-order valence-electron chi connectivity index (χ2n) is 11.4. The first-order chi connectivity index (χ1) is 21.2. The highest BCUT2D eigenvalue weighted by atomic mass is 32.2. The Bertz CT molecular complexity index is 1800. The second kappa shape index (κ2) is 9.28. The standard InChI is InChI=1S/C30H28B4N6S/c1-23-20-34-39-19-11-7-15-32(39)37-17-9-6-14-31(37)38-18-10-8-16-33(38)40(34)22-24(23)26-21-35-28-29(36-26)41-27-13-5-4-12-25(27)30(28,2)3/h4-22H,1-3H3/i1D3. The normalized spacial score (nSPS) is 22.3. The van der Waals surface area contributed by atoms with Crippen molar-refractivity contribution in [2.45, 2.75) is 36.0 Å². The number of allylic oxidation sites excluding steroid dienone is 8. The fraction of sp³-hybridized carbons (Fsp3) is 0.133. The van der Waals surface area contributed by atoms with Gasteiger partial charge in [0.2, 0.25) is 0 Å². The van der Waals surface area contributed by atoms with Gasteiger partial charge in [0, 0.05) is 20.0 Å². The van der Waals surface area contributed by atoms with E-state index >= 15 is 0 Å². The van der Waals surface area contributed by atoms with Crippen LogP contribution in [-0.2, 0) is 5.41 Å². The van der Waals surface area contributed by atoms with Crippen molar-refractivity contribution >= 4 is 45.3 Å². The van der Waals surface area contributed by atoms with Crippen LogP contribution in [-0.4, -0.2) is 56.8 Å². The van der Waals surface area contributed by atoms with Crippen LogP contribution in [0, 0.1) is 0 Å². The highest BCUT2D eigenvalue weighted by molar-refractivity contribution is 7.99.